The van der Waals surface area contributed by atoms with E-state index < -0.39 is 0 Å². The second kappa shape index (κ2) is 5.14. The number of rotatable bonds is 3. The first kappa shape index (κ1) is 11.9. The van der Waals surface area contributed by atoms with Crippen LogP contribution in [-0.4, -0.2) is 17.1 Å². The highest BCUT2D eigenvalue weighted by Crippen LogP contribution is 2.31. The van der Waals surface area contributed by atoms with Gasteiger partial charge in [-0.1, -0.05) is 6.07 Å². The summed E-state index contributed by atoms with van der Waals surface area (Å²) in [6, 6.07) is 7.41. The van der Waals surface area contributed by atoms with E-state index in [2.05, 4.69) is 25.9 Å². The molecule has 1 heterocycles. The molecule has 0 bridgehead atoms. The summed E-state index contributed by atoms with van der Waals surface area (Å²) in [4.78, 5) is 7.95. The lowest BCUT2D eigenvalue weighted by Crippen LogP contribution is -1.93. The number of hydrogen-bond acceptors (Lipinski definition) is 4. The minimum absolute atomic E-state index is 0.467. The van der Waals surface area contributed by atoms with Gasteiger partial charge >= 0.3 is 0 Å². The fourth-order valence-electron chi connectivity index (χ4n) is 1.34. The van der Waals surface area contributed by atoms with Crippen LogP contribution in [0.3, 0.4) is 0 Å². The summed E-state index contributed by atoms with van der Waals surface area (Å²) in [5, 5.41) is 0. The van der Waals surface area contributed by atoms with Crippen molar-refractivity contribution in [2.24, 2.45) is 0 Å². The lowest BCUT2D eigenvalue weighted by molar-refractivity contribution is 0.373. The van der Waals surface area contributed by atoms with Gasteiger partial charge < -0.3 is 9.47 Å². The molecule has 0 amide bonds. The number of aryl methyl sites for hydroxylation is 1. The molecule has 2 rings (SSSR count). The van der Waals surface area contributed by atoms with Crippen LogP contribution in [0.2, 0.25) is 0 Å². The molecule has 2 aromatic rings. The molecule has 0 saturated heterocycles. The third-order valence-electron chi connectivity index (χ3n) is 2.14. The van der Waals surface area contributed by atoms with E-state index in [1.54, 1.807) is 13.2 Å². The Hall–Kier alpha value is -1.62. The van der Waals surface area contributed by atoms with E-state index in [1.807, 2.05) is 25.1 Å². The van der Waals surface area contributed by atoms with Gasteiger partial charge in [0.05, 0.1) is 7.11 Å². The van der Waals surface area contributed by atoms with Gasteiger partial charge in [-0.2, -0.15) is 0 Å². The summed E-state index contributed by atoms with van der Waals surface area (Å²) in [6.07, 6.45) is 1.43. The maximum atomic E-state index is 5.63. The van der Waals surface area contributed by atoms with E-state index in [0.29, 0.717) is 22.0 Å². The molecule has 0 fully saturated rings. The van der Waals surface area contributed by atoms with Crippen LogP contribution in [0.4, 0.5) is 0 Å². The lowest BCUT2D eigenvalue weighted by atomic mass is 10.2. The van der Waals surface area contributed by atoms with Crippen molar-refractivity contribution in [3.8, 4) is 17.4 Å². The molecule has 1 aromatic carbocycles. The fraction of sp³-hybridized carbons (Fsp3) is 0.167. The second-order valence-electron chi connectivity index (χ2n) is 3.44. The number of nitrogens with zero attached hydrogens (tertiary/aromatic N) is 2. The molecule has 0 aliphatic rings. The fourth-order valence-corrected chi connectivity index (χ4v) is 1.63. The monoisotopic (exact) mass is 294 g/mol. The number of methoxy groups -OCH3 is 1. The maximum absolute atomic E-state index is 5.63. The Labute approximate surface area is 108 Å². The van der Waals surface area contributed by atoms with Crippen LogP contribution >= 0.6 is 15.9 Å². The largest absolute Gasteiger partial charge is 0.493 e. The standard InChI is InChI=1S/C12H11BrN2O2/c1-8-3-4-9(10(5-8)16-2)17-12-6-11(13)14-7-15-12/h3-7H,1-2H3. The van der Waals surface area contributed by atoms with Crippen LogP contribution in [-0.2, 0) is 0 Å². The van der Waals surface area contributed by atoms with Crippen molar-refractivity contribution in [1.82, 2.24) is 9.97 Å². The molecule has 0 unspecified atom stereocenters. The highest BCUT2D eigenvalue weighted by Gasteiger charge is 2.06. The molecule has 0 aliphatic carbocycles. The smallest absolute Gasteiger partial charge is 0.223 e. The third-order valence-corrected chi connectivity index (χ3v) is 2.58. The summed E-state index contributed by atoms with van der Waals surface area (Å²) < 4.78 is 11.6. The summed E-state index contributed by atoms with van der Waals surface area (Å²) in [7, 11) is 1.61. The van der Waals surface area contributed by atoms with Gasteiger partial charge in [0.15, 0.2) is 11.5 Å². The summed E-state index contributed by atoms with van der Waals surface area (Å²) in [6.45, 7) is 1.99. The van der Waals surface area contributed by atoms with Gasteiger partial charge in [-0.05, 0) is 40.5 Å². The molecule has 0 aliphatic heterocycles. The number of aromatic nitrogens is 2. The summed E-state index contributed by atoms with van der Waals surface area (Å²) in [5.74, 6) is 1.78. The van der Waals surface area contributed by atoms with E-state index in [4.69, 9.17) is 9.47 Å². The number of hydrogen-bond donors (Lipinski definition) is 0. The quantitative estimate of drug-likeness (QED) is 0.815. The Morgan fingerprint density at radius 2 is 1.94 bits per heavy atom. The Morgan fingerprint density at radius 3 is 2.65 bits per heavy atom. The normalized spacial score (nSPS) is 10.1. The highest BCUT2D eigenvalue weighted by molar-refractivity contribution is 9.10. The first-order chi connectivity index (χ1) is 8.19. The van der Waals surface area contributed by atoms with Crippen LogP contribution in [0.1, 0.15) is 5.56 Å². The Balaban J connectivity index is 2.29. The molecule has 0 radical (unpaired) electrons. The van der Waals surface area contributed by atoms with Crippen molar-refractivity contribution in [3.63, 3.8) is 0 Å². The molecule has 17 heavy (non-hydrogen) atoms. The van der Waals surface area contributed by atoms with Crippen molar-refractivity contribution >= 4 is 15.9 Å². The van der Waals surface area contributed by atoms with Crippen LogP contribution in [0, 0.1) is 6.92 Å². The predicted molar refractivity (Wildman–Crippen MR) is 67.5 cm³/mol. The average Bonchev–Trinajstić information content (AvgIpc) is 2.31. The molecule has 5 heteroatoms. The second-order valence-corrected chi connectivity index (χ2v) is 4.25. The van der Waals surface area contributed by atoms with Gasteiger partial charge in [-0.3, -0.25) is 0 Å². The van der Waals surface area contributed by atoms with Crippen molar-refractivity contribution in [2.75, 3.05) is 7.11 Å². The SMILES string of the molecule is COc1cc(C)ccc1Oc1cc(Br)ncn1. The van der Waals surface area contributed by atoms with E-state index >= 15 is 0 Å². The number of halogens is 1. The van der Waals surface area contributed by atoms with Crippen LogP contribution < -0.4 is 9.47 Å². The van der Waals surface area contributed by atoms with Gasteiger partial charge in [0.25, 0.3) is 0 Å². The molecule has 1 aromatic heterocycles. The molecule has 0 spiro atoms. The van der Waals surface area contributed by atoms with Crippen molar-refractivity contribution in [3.05, 3.63) is 40.8 Å². The Morgan fingerprint density at radius 1 is 1.12 bits per heavy atom. The number of ether oxygens (including phenoxy) is 2. The van der Waals surface area contributed by atoms with Crippen molar-refractivity contribution in [2.45, 2.75) is 6.92 Å². The molecular weight excluding hydrogens is 284 g/mol. The highest BCUT2D eigenvalue weighted by atomic mass is 79.9. The number of benzene rings is 1. The van der Waals surface area contributed by atoms with Crippen molar-refractivity contribution < 1.29 is 9.47 Å². The Bertz CT molecular complexity index is 532. The molecule has 0 saturated carbocycles. The topological polar surface area (TPSA) is 44.2 Å². The molecule has 88 valence electrons. The summed E-state index contributed by atoms with van der Waals surface area (Å²) in [5.41, 5.74) is 1.11. The van der Waals surface area contributed by atoms with Crippen LogP contribution in [0.5, 0.6) is 17.4 Å². The maximum Gasteiger partial charge on any atom is 0.223 e. The first-order valence-corrected chi connectivity index (χ1v) is 5.78. The van der Waals surface area contributed by atoms with Crippen LogP contribution in [0.15, 0.2) is 35.2 Å². The van der Waals surface area contributed by atoms with E-state index in [0.717, 1.165) is 5.56 Å². The zero-order valence-electron chi connectivity index (χ0n) is 9.48. The molecular formula is C12H11BrN2O2. The molecule has 0 N–H and O–H groups in total. The van der Waals surface area contributed by atoms with Gasteiger partial charge in [0.1, 0.15) is 10.9 Å². The van der Waals surface area contributed by atoms with Gasteiger partial charge in [-0.25, -0.2) is 9.97 Å². The molecule has 0 atom stereocenters. The van der Waals surface area contributed by atoms with E-state index in [1.165, 1.54) is 6.33 Å². The zero-order valence-corrected chi connectivity index (χ0v) is 11.1. The first-order valence-electron chi connectivity index (χ1n) is 4.99. The van der Waals surface area contributed by atoms with Gasteiger partial charge in [0, 0.05) is 6.07 Å². The zero-order chi connectivity index (χ0) is 12.3. The van der Waals surface area contributed by atoms with E-state index in [-0.39, 0.29) is 0 Å². The lowest BCUT2D eigenvalue weighted by Gasteiger charge is -2.09. The minimum Gasteiger partial charge on any atom is -0.493 e. The summed E-state index contributed by atoms with van der Waals surface area (Å²) >= 11 is 3.26. The van der Waals surface area contributed by atoms with Crippen LogP contribution in [0.25, 0.3) is 0 Å². The minimum atomic E-state index is 0.467. The molecule has 4 nitrogen and oxygen atoms in total. The third kappa shape index (κ3) is 2.94. The predicted octanol–water partition coefficient (Wildman–Crippen LogP) is 3.35. The Kier molecular flexibility index (Phi) is 3.58. The van der Waals surface area contributed by atoms with Gasteiger partial charge in [0.2, 0.25) is 5.88 Å². The van der Waals surface area contributed by atoms with E-state index in [9.17, 15) is 0 Å². The average molecular weight is 295 g/mol. The van der Waals surface area contributed by atoms with Crippen molar-refractivity contribution in [1.29, 1.82) is 0 Å². The van der Waals surface area contributed by atoms with Gasteiger partial charge in [-0.15, -0.1) is 0 Å².